The molecule has 4 nitrogen and oxygen atoms in total. The first-order chi connectivity index (χ1) is 9.67. The monoisotopic (exact) mass is 425 g/mol. The number of halogens is 2. The van der Waals surface area contributed by atoms with Crippen molar-refractivity contribution >= 4 is 41.5 Å². The number of aryl methyl sites for hydroxylation is 1. The van der Waals surface area contributed by atoms with Crippen molar-refractivity contribution in [2.45, 2.75) is 25.8 Å². The molecule has 0 bridgehead atoms. The fourth-order valence-corrected chi connectivity index (χ4v) is 2.14. The highest BCUT2D eigenvalue weighted by atomic mass is 127. The molecule has 0 aliphatic rings. The van der Waals surface area contributed by atoms with Gasteiger partial charge in [-0.25, -0.2) is 0 Å². The third-order valence-corrected chi connectivity index (χ3v) is 3.27. The maximum Gasteiger partial charge on any atom is 0.191 e. The van der Waals surface area contributed by atoms with E-state index >= 15 is 0 Å². The van der Waals surface area contributed by atoms with Gasteiger partial charge in [0.2, 0.25) is 0 Å². The molecule has 1 atom stereocenters. The molecule has 0 saturated carbocycles. The van der Waals surface area contributed by atoms with Gasteiger partial charge < -0.3 is 15.4 Å². The molecule has 0 amide bonds. The van der Waals surface area contributed by atoms with Crippen molar-refractivity contribution in [1.82, 2.24) is 10.6 Å². The Bertz CT molecular complexity index is 429. The summed E-state index contributed by atoms with van der Waals surface area (Å²) in [6.07, 6.45) is 1.96. The van der Waals surface area contributed by atoms with Gasteiger partial charge in [-0.05, 0) is 31.4 Å². The second-order valence-corrected chi connectivity index (χ2v) is 5.10. The number of aliphatic imine (C=N–C) groups is 1. The fraction of sp³-hybridized carbons (Fsp3) is 0.533. The van der Waals surface area contributed by atoms with Gasteiger partial charge in [0, 0.05) is 31.8 Å². The largest absolute Gasteiger partial charge is 0.383 e. The molecule has 0 heterocycles. The summed E-state index contributed by atoms with van der Waals surface area (Å²) in [4.78, 5) is 4.19. The number of nitrogens with zero attached hydrogens (tertiary/aromatic N) is 1. The van der Waals surface area contributed by atoms with Crippen LogP contribution in [-0.2, 0) is 11.2 Å². The van der Waals surface area contributed by atoms with Crippen molar-refractivity contribution in [2.75, 3.05) is 27.3 Å². The van der Waals surface area contributed by atoms with Crippen molar-refractivity contribution in [3.8, 4) is 0 Å². The lowest BCUT2D eigenvalue weighted by molar-refractivity contribution is 0.179. The number of ether oxygens (including phenoxy) is 1. The minimum atomic E-state index is 0. The molecule has 0 aromatic heterocycles. The third-order valence-electron chi connectivity index (χ3n) is 2.90. The Morgan fingerprint density at radius 1 is 1.38 bits per heavy atom. The zero-order chi connectivity index (χ0) is 14.8. The van der Waals surface area contributed by atoms with E-state index in [1.54, 1.807) is 14.2 Å². The van der Waals surface area contributed by atoms with Crippen molar-refractivity contribution in [2.24, 2.45) is 4.99 Å². The quantitative estimate of drug-likeness (QED) is 0.305. The predicted molar refractivity (Wildman–Crippen MR) is 101 cm³/mol. The molecule has 6 heteroatoms. The Labute approximate surface area is 149 Å². The van der Waals surface area contributed by atoms with E-state index in [0.29, 0.717) is 6.61 Å². The van der Waals surface area contributed by atoms with E-state index in [1.807, 2.05) is 18.2 Å². The first-order valence-electron chi connectivity index (χ1n) is 6.87. The van der Waals surface area contributed by atoms with Crippen LogP contribution in [0, 0.1) is 0 Å². The number of methoxy groups -OCH3 is 1. The molecule has 2 N–H and O–H groups in total. The third kappa shape index (κ3) is 8.48. The summed E-state index contributed by atoms with van der Waals surface area (Å²) in [7, 11) is 3.46. The van der Waals surface area contributed by atoms with Gasteiger partial charge in [-0.2, -0.15) is 0 Å². The molecular weight excluding hydrogens is 401 g/mol. The van der Waals surface area contributed by atoms with Crippen molar-refractivity contribution in [3.63, 3.8) is 0 Å². The number of benzene rings is 1. The predicted octanol–water partition coefficient (Wildman–Crippen LogP) is 3.09. The maximum absolute atomic E-state index is 6.13. The molecule has 21 heavy (non-hydrogen) atoms. The summed E-state index contributed by atoms with van der Waals surface area (Å²) in [5.41, 5.74) is 1.19. The van der Waals surface area contributed by atoms with E-state index in [0.717, 1.165) is 30.4 Å². The smallest absolute Gasteiger partial charge is 0.191 e. The van der Waals surface area contributed by atoms with E-state index < -0.39 is 0 Å². The van der Waals surface area contributed by atoms with Crippen LogP contribution in [0.1, 0.15) is 18.9 Å². The highest BCUT2D eigenvalue weighted by Crippen LogP contribution is 2.16. The molecule has 0 radical (unpaired) electrons. The van der Waals surface area contributed by atoms with Crippen LogP contribution in [0.4, 0.5) is 0 Å². The molecule has 0 spiro atoms. The molecule has 0 saturated heterocycles. The average molecular weight is 426 g/mol. The zero-order valence-corrected chi connectivity index (χ0v) is 15.9. The Morgan fingerprint density at radius 3 is 2.71 bits per heavy atom. The van der Waals surface area contributed by atoms with E-state index in [4.69, 9.17) is 16.3 Å². The summed E-state index contributed by atoms with van der Waals surface area (Å²) < 4.78 is 5.09. The van der Waals surface area contributed by atoms with Crippen molar-refractivity contribution in [1.29, 1.82) is 0 Å². The lowest BCUT2D eigenvalue weighted by atomic mass is 10.1. The zero-order valence-electron chi connectivity index (χ0n) is 12.9. The van der Waals surface area contributed by atoms with Crippen LogP contribution in [0.15, 0.2) is 29.3 Å². The van der Waals surface area contributed by atoms with E-state index in [-0.39, 0.29) is 30.0 Å². The Balaban J connectivity index is 0.00000400. The molecular formula is C15H25ClIN3O. The molecule has 0 aliphatic carbocycles. The number of nitrogens with one attached hydrogen (secondary N) is 2. The molecule has 1 aromatic rings. The van der Waals surface area contributed by atoms with Crippen LogP contribution in [0.2, 0.25) is 5.02 Å². The van der Waals surface area contributed by atoms with Crippen LogP contribution in [0.5, 0.6) is 0 Å². The first-order valence-corrected chi connectivity index (χ1v) is 7.24. The molecule has 1 aromatic carbocycles. The van der Waals surface area contributed by atoms with Crippen LogP contribution in [0.3, 0.4) is 0 Å². The van der Waals surface area contributed by atoms with E-state index in [1.165, 1.54) is 5.56 Å². The van der Waals surface area contributed by atoms with Crippen LogP contribution in [-0.4, -0.2) is 39.3 Å². The van der Waals surface area contributed by atoms with Gasteiger partial charge in [0.05, 0.1) is 6.61 Å². The summed E-state index contributed by atoms with van der Waals surface area (Å²) in [6, 6.07) is 8.19. The molecule has 1 unspecified atom stereocenters. The molecule has 1 rings (SSSR count). The van der Waals surface area contributed by atoms with Crippen LogP contribution >= 0.6 is 35.6 Å². The van der Waals surface area contributed by atoms with Crippen LogP contribution < -0.4 is 10.6 Å². The summed E-state index contributed by atoms with van der Waals surface area (Å²) in [5, 5.41) is 7.39. The standard InChI is InChI=1S/C15H24ClN3O.HI/c1-12(11-20-3)19-15(17-2)18-10-6-8-13-7-4-5-9-14(13)16;/h4-5,7,9,12H,6,8,10-11H2,1-3H3,(H2,17,18,19);1H. The number of hydrogen-bond acceptors (Lipinski definition) is 2. The topological polar surface area (TPSA) is 45.7 Å². The Hall–Kier alpha value is -0.530. The Kier molecular flexibility index (Phi) is 11.8. The van der Waals surface area contributed by atoms with Gasteiger partial charge in [-0.15, -0.1) is 24.0 Å². The van der Waals surface area contributed by atoms with Crippen molar-refractivity contribution in [3.05, 3.63) is 34.9 Å². The van der Waals surface area contributed by atoms with Gasteiger partial charge in [-0.3, -0.25) is 4.99 Å². The SMILES string of the molecule is CN=C(NCCCc1ccccc1Cl)NC(C)COC.I. The number of guanidine groups is 1. The van der Waals surface area contributed by atoms with Crippen molar-refractivity contribution < 1.29 is 4.74 Å². The van der Waals surface area contributed by atoms with Gasteiger partial charge in [-0.1, -0.05) is 29.8 Å². The first kappa shape index (κ1) is 20.5. The minimum absolute atomic E-state index is 0. The summed E-state index contributed by atoms with van der Waals surface area (Å²) in [6.45, 7) is 3.56. The highest BCUT2D eigenvalue weighted by molar-refractivity contribution is 14.0. The Morgan fingerprint density at radius 2 is 2.10 bits per heavy atom. The second kappa shape index (κ2) is 12.1. The van der Waals surface area contributed by atoms with Gasteiger partial charge in [0.15, 0.2) is 5.96 Å². The normalized spacial score (nSPS) is 12.5. The van der Waals surface area contributed by atoms with E-state index in [9.17, 15) is 0 Å². The van der Waals surface area contributed by atoms with Gasteiger partial charge in [0.1, 0.15) is 0 Å². The molecule has 0 fully saturated rings. The van der Waals surface area contributed by atoms with Gasteiger partial charge in [0.25, 0.3) is 0 Å². The van der Waals surface area contributed by atoms with E-state index in [2.05, 4.69) is 28.6 Å². The lowest BCUT2D eigenvalue weighted by Crippen LogP contribution is -2.44. The molecule has 0 aliphatic heterocycles. The number of hydrogen-bond donors (Lipinski definition) is 2. The average Bonchev–Trinajstić information content (AvgIpc) is 2.44. The minimum Gasteiger partial charge on any atom is -0.383 e. The maximum atomic E-state index is 6.13. The van der Waals surface area contributed by atoms with Gasteiger partial charge >= 0.3 is 0 Å². The number of rotatable bonds is 7. The molecule has 120 valence electrons. The fourth-order valence-electron chi connectivity index (χ4n) is 1.91. The second-order valence-electron chi connectivity index (χ2n) is 4.69. The van der Waals surface area contributed by atoms with Crippen LogP contribution in [0.25, 0.3) is 0 Å². The summed E-state index contributed by atoms with van der Waals surface area (Å²) >= 11 is 6.13. The lowest BCUT2D eigenvalue weighted by Gasteiger charge is -2.17. The highest BCUT2D eigenvalue weighted by Gasteiger charge is 2.04. The summed E-state index contributed by atoms with van der Waals surface area (Å²) in [5.74, 6) is 0.800.